The van der Waals surface area contributed by atoms with Crippen LogP contribution in [0, 0.1) is 12.8 Å². The molecule has 1 rings (SSSR count). The molecule has 0 N–H and O–H groups in total. The van der Waals surface area contributed by atoms with Gasteiger partial charge in [0.25, 0.3) is 0 Å². The summed E-state index contributed by atoms with van der Waals surface area (Å²) in [5.41, 5.74) is 1.68. The van der Waals surface area contributed by atoms with Crippen LogP contribution >= 0.6 is 0 Å². The minimum atomic E-state index is 0.496. The third-order valence-corrected chi connectivity index (χ3v) is 1.96. The molecule has 0 aromatic heterocycles. The number of ether oxygens (including phenoxy) is 1. The number of carbonyl (C=O) groups is 1. The molecular weight excluding hydrogens is 176 g/mol. The smallest absolute Gasteiger partial charge is 0.150 e. The van der Waals surface area contributed by atoms with Gasteiger partial charge in [-0.15, -0.1) is 0 Å². The van der Waals surface area contributed by atoms with Gasteiger partial charge in [-0.1, -0.05) is 19.9 Å². The number of hydrogen-bond acceptors (Lipinski definition) is 2. The lowest BCUT2D eigenvalue weighted by Crippen LogP contribution is -2.04. The molecule has 0 saturated carbocycles. The van der Waals surface area contributed by atoms with Crippen LogP contribution in [0.1, 0.15) is 29.8 Å². The first-order valence-corrected chi connectivity index (χ1v) is 4.82. The largest absolute Gasteiger partial charge is 0.493 e. The Bertz CT molecular complexity index is 316. The first kappa shape index (κ1) is 10.8. The number of carbonyl (C=O) groups excluding carboxylic acids is 1. The highest BCUT2D eigenvalue weighted by Crippen LogP contribution is 2.16. The van der Waals surface area contributed by atoms with E-state index in [1.807, 2.05) is 19.1 Å². The lowest BCUT2D eigenvalue weighted by atomic mass is 10.1. The third kappa shape index (κ3) is 2.87. The van der Waals surface area contributed by atoms with Crippen molar-refractivity contribution in [3.63, 3.8) is 0 Å². The van der Waals surface area contributed by atoms with E-state index in [4.69, 9.17) is 4.74 Å². The summed E-state index contributed by atoms with van der Waals surface area (Å²) in [4.78, 5) is 10.7. The Hall–Kier alpha value is -1.31. The van der Waals surface area contributed by atoms with E-state index in [0.717, 1.165) is 17.6 Å². The molecule has 14 heavy (non-hydrogen) atoms. The molecule has 0 aliphatic heterocycles. The van der Waals surface area contributed by atoms with E-state index >= 15 is 0 Å². The summed E-state index contributed by atoms with van der Waals surface area (Å²) in [7, 11) is 0. The summed E-state index contributed by atoms with van der Waals surface area (Å²) < 4.78 is 5.51. The summed E-state index contributed by atoms with van der Waals surface area (Å²) in [5, 5.41) is 0. The van der Waals surface area contributed by atoms with Crippen molar-refractivity contribution in [2.75, 3.05) is 6.61 Å². The minimum absolute atomic E-state index is 0.496. The fourth-order valence-electron chi connectivity index (χ4n) is 1.10. The van der Waals surface area contributed by atoms with E-state index < -0.39 is 0 Å². The van der Waals surface area contributed by atoms with Gasteiger partial charge in [0, 0.05) is 5.56 Å². The van der Waals surface area contributed by atoms with Crippen molar-refractivity contribution in [1.29, 1.82) is 0 Å². The first-order chi connectivity index (χ1) is 6.63. The second-order valence-corrected chi connectivity index (χ2v) is 3.84. The Balaban J connectivity index is 2.74. The van der Waals surface area contributed by atoms with Crippen LogP contribution in [-0.2, 0) is 0 Å². The van der Waals surface area contributed by atoms with Crippen molar-refractivity contribution in [3.05, 3.63) is 29.3 Å². The average molecular weight is 192 g/mol. The zero-order valence-electron chi connectivity index (χ0n) is 8.91. The van der Waals surface area contributed by atoms with Crippen LogP contribution in [0.3, 0.4) is 0 Å². The molecular formula is C12H16O2. The quantitative estimate of drug-likeness (QED) is 0.686. The highest BCUT2D eigenvalue weighted by Gasteiger charge is 2.01. The van der Waals surface area contributed by atoms with Crippen LogP contribution < -0.4 is 4.74 Å². The van der Waals surface area contributed by atoms with Gasteiger partial charge in [0.1, 0.15) is 12.0 Å². The van der Waals surface area contributed by atoms with E-state index in [1.54, 1.807) is 6.07 Å². The Morgan fingerprint density at radius 3 is 2.71 bits per heavy atom. The monoisotopic (exact) mass is 192 g/mol. The van der Waals surface area contributed by atoms with Gasteiger partial charge < -0.3 is 4.74 Å². The van der Waals surface area contributed by atoms with Crippen molar-refractivity contribution in [1.82, 2.24) is 0 Å². The Morgan fingerprint density at radius 1 is 1.43 bits per heavy atom. The normalized spacial score (nSPS) is 10.3. The summed E-state index contributed by atoms with van der Waals surface area (Å²) >= 11 is 0. The molecule has 0 aliphatic carbocycles. The molecule has 0 spiro atoms. The molecule has 0 radical (unpaired) electrons. The second kappa shape index (κ2) is 4.80. The lowest BCUT2D eigenvalue weighted by Gasteiger charge is -2.09. The average Bonchev–Trinajstić information content (AvgIpc) is 2.16. The second-order valence-electron chi connectivity index (χ2n) is 3.84. The Morgan fingerprint density at radius 2 is 2.14 bits per heavy atom. The van der Waals surface area contributed by atoms with Crippen molar-refractivity contribution in [2.45, 2.75) is 20.8 Å². The maximum Gasteiger partial charge on any atom is 0.150 e. The lowest BCUT2D eigenvalue weighted by molar-refractivity contribution is 0.112. The molecule has 0 heterocycles. The first-order valence-electron chi connectivity index (χ1n) is 4.82. The molecule has 2 heteroatoms. The summed E-state index contributed by atoms with van der Waals surface area (Å²) in [5.74, 6) is 1.27. The molecule has 1 aromatic rings. The Kier molecular flexibility index (Phi) is 3.69. The fourth-order valence-corrected chi connectivity index (χ4v) is 1.10. The molecule has 0 amide bonds. The van der Waals surface area contributed by atoms with Crippen molar-refractivity contribution >= 4 is 6.29 Å². The molecule has 76 valence electrons. The van der Waals surface area contributed by atoms with Crippen molar-refractivity contribution < 1.29 is 9.53 Å². The summed E-state index contributed by atoms with van der Waals surface area (Å²) in [6.45, 7) is 6.78. The Labute approximate surface area is 84.9 Å². The maximum absolute atomic E-state index is 10.7. The topological polar surface area (TPSA) is 26.3 Å². The molecule has 0 saturated heterocycles. The zero-order valence-corrected chi connectivity index (χ0v) is 8.91. The predicted molar refractivity (Wildman–Crippen MR) is 56.9 cm³/mol. The van der Waals surface area contributed by atoms with Crippen LogP contribution in [0.15, 0.2) is 18.2 Å². The fraction of sp³-hybridized carbons (Fsp3) is 0.417. The van der Waals surface area contributed by atoms with Crippen LogP contribution in [0.5, 0.6) is 5.75 Å². The van der Waals surface area contributed by atoms with Gasteiger partial charge in [0.2, 0.25) is 0 Å². The standard InChI is InChI=1S/C12H16O2/c1-9(2)8-14-12-5-4-10(3)11(6-12)7-13/h4-7,9H,8H2,1-3H3. The van der Waals surface area contributed by atoms with Crippen LogP contribution in [0.2, 0.25) is 0 Å². The van der Waals surface area contributed by atoms with Crippen molar-refractivity contribution in [3.8, 4) is 5.75 Å². The van der Waals surface area contributed by atoms with Crippen LogP contribution in [0.25, 0.3) is 0 Å². The summed E-state index contributed by atoms with van der Waals surface area (Å²) in [6, 6.07) is 5.58. The molecule has 2 nitrogen and oxygen atoms in total. The number of aryl methyl sites for hydroxylation is 1. The highest BCUT2D eigenvalue weighted by molar-refractivity contribution is 5.77. The molecule has 0 atom stereocenters. The zero-order chi connectivity index (χ0) is 10.6. The van der Waals surface area contributed by atoms with E-state index in [2.05, 4.69) is 13.8 Å². The van der Waals surface area contributed by atoms with E-state index in [1.165, 1.54) is 0 Å². The van der Waals surface area contributed by atoms with Crippen molar-refractivity contribution in [2.24, 2.45) is 5.92 Å². The van der Waals surface area contributed by atoms with Gasteiger partial charge in [-0.25, -0.2) is 0 Å². The minimum Gasteiger partial charge on any atom is -0.493 e. The molecule has 0 unspecified atom stereocenters. The van der Waals surface area contributed by atoms with E-state index in [-0.39, 0.29) is 0 Å². The van der Waals surface area contributed by atoms with E-state index in [9.17, 15) is 4.79 Å². The van der Waals surface area contributed by atoms with Gasteiger partial charge in [-0.2, -0.15) is 0 Å². The van der Waals surface area contributed by atoms with Crippen LogP contribution in [-0.4, -0.2) is 12.9 Å². The predicted octanol–water partition coefficient (Wildman–Crippen LogP) is 2.84. The number of rotatable bonds is 4. The van der Waals surface area contributed by atoms with Gasteiger partial charge in [-0.3, -0.25) is 4.79 Å². The van der Waals surface area contributed by atoms with Crippen LogP contribution in [0.4, 0.5) is 0 Å². The number of hydrogen-bond donors (Lipinski definition) is 0. The number of aldehydes is 1. The highest BCUT2D eigenvalue weighted by atomic mass is 16.5. The van der Waals surface area contributed by atoms with Gasteiger partial charge in [0.05, 0.1) is 6.61 Å². The van der Waals surface area contributed by atoms with Gasteiger partial charge >= 0.3 is 0 Å². The van der Waals surface area contributed by atoms with E-state index in [0.29, 0.717) is 18.1 Å². The third-order valence-electron chi connectivity index (χ3n) is 1.96. The molecule has 1 aromatic carbocycles. The molecule has 0 aliphatic rings. The maximum atomic E-state index is 10.7. The van der Waals surface area contributed by atoms with Gasteiger partial charge in [-0.05, 0) is 30.5 Å². The summed E-state index contributed by atoms with van der Waals surface area (Å²) in [6.07, 6.45) is 0.859. The number of benzene rings is 1. The SMILES string of the molecule is Cc1ccc(OCC(C)C)cc1C=O. The van der Waals surface area contributed by atoms with Gasteiger partial charge in [0.15, 0.2) is 0 Å². The molecule has 0 bridgehead atoms. The molecule has 0 fully saturated rings.